The molecule has 0 aliphatic heterocycles. The topological polar surface area (TPSA) is 53.1 Å². The highest BCUT2D eigenvalue weighted by Gasteiger charge is 2.17. The number of hydrogen-bond donors (Lipinski definition) is 0. The molecule has 160 valence electrons. The number of hydrogen-bond acceptors (Lipinski definition) is 4. The predicted octanol–water partition coefficient (Wildman–Crippen LogP) is 7.24. The first kappa shape index (κ1) is 19.3. The molecule has 0 atom stereocenters. The summed E-state index contributed by atoms with van der Waals surface area (Å²) >= 11 is 0. The Bertz CT molecular complexity index is 1610. The predicted molar refractivity (Wildman–Crippen MR) is 130 cm³/mol. The van der Waals surface area contributed by atoms with Gasteiger partial charge in [0, 0.05) is 40.4 Å². The summed E-state index contributed by atoms with van der Waals surface area (Å²) in [4.78, 5) is 4.24. The van der Waals surface area contributed by atoms with Crippen molar-refractivity contribution in [2.24, 2.45) is 0 Å². The Labute approximate surface area is 190 Å². The Morgan fingerprint density at radius 1 is 0.788 bits per heavy atom. The lowest BCUT2D eigenvalue weighted by atomic mass is 10.0. The van der Waals surface area contributed by atoms with E-state index in [0.717, 1.165) is 50.1 Å². The Morgan fingerprint density at radius 3 is 2.52 bits per heavy atom. The lowest BCUT2D eigenvalue weighted by molar-refractivity contribution is 0.462. The average Bonchev–Trinajstić information content (AvgIpc) is 3.36. The van der Waals surface area contributed by atoms with Crippen LogP contribution in [0, 0.1) is 13.8 Å². The molecule has 0 saturated carbocycles. The molecule has 5 heteroatoms. The van der Waals surface area contributed by atoms with E-state index in [1.807, 2.05) is 78.3 Å². The lowest BCUT2D eigenvalue weighted by Gasteiger charge is -2.09. The average molecular weight is 431 g/mol. The molecule has 6 rings (SSSR count). The molecule has 0 saturated heterocycles. The number of benzene rings is 3. The third kappa shape index (κ3) is 3.34. The van der Waals surface area contributed by atoms with Crippen LogP contribution in [0.1, 0.15) is 11.4 Å². The van der Waals surface area contributed by atoms with Crippen molar-refractivity contribution in [3.63, 3.8) is 0 Å². The van der Waals surface area contributed by atoms with E-state index in [4.69, 9.17) is 14.3 Å². The van der Waals surface area contributed by atoms with Gasteiger partial charge in [-0.25, -0.2) is 9.67 Å². The molecule has 0 unspecified atom stereocenters. The number of pyridine rings is 1. The highest BCUT2D eigenvalue weighted by Crippen LogP contribution is 2.35. The van der Waals surface area contributed by atoms with Gasteiger partial charge in [-0.2, -0.15) is 5.10 Å². The standard InChI is InChI=1S/C28H21N3O2/c1-18-28(20-13-14-26-24(16-20)23-10-3-4-11-25(23)33-26)19(2)31(30-18)21-8-7-9-22(17-21)32-27-12-5-6-15-29-27/h3-17H,1-2H3. The minimum absolute atomic E-state index is 0.560. The summed E-state index contributed by atoms with van der Waals surface area (Å²) in [7, 11) is 0. The summed E-state index contributed by atoms with van der Waals surface area (Å²) < 4.78 is 13.9. The summed E-state index contributed by atoms with van der Waals surface area (Å²) in [5.74, 6) is 1.27. The molecule has 0 aliphatic rings. The molecule has 0 fully saturated rings. The molecule has 0 N–H and O–H groups in total. The van der Waals surface area contributed by atoms with Gasteiger partial charge in [-0.1, -0.05) is 36.4 Å². The molecule has 0 spiro atoms. The summed E-state index contributed by atoms with van der Waals surface area (Å²) in [6.07, 6.45) is 1.71. The van der Waals surface area contributed by atoms with Crippen molar-refractivity contribution < 1.29 is 9.15 Å². The van der Waals surface area contributed by atoms with Crippen molar-refractivity contribution in [3.8, 4) is 28.4 Å². The molecule has 0 bridgehead atoms. The van der Waals surface area contributed by atoms with Crippen LogP contribution in [-0.4, -0.2) is 14.8 Å². The van der Waals surface area contributed by atoms with Crippen molar-refractivity contribution >= 4 is 21.9 Å². The van der Waals surface area contributed by atoms with E-state index in [1.165, 1.54) is 0 Å². The Hall–Kier alpha value is -4.38. The number of furan rings is 1. The zero-order chi connectivity index (χ0) is 22.4. The maximum atomic E-state index is 6.00. The smallest absolute Gasteiger partial charge is 0.219 e. The normalized spacial score (nSPS) is 11.3. The number of para-hydroxylation sites is 1. The lowest BCUT2D eigenvalue weighted by Crippen LogP contribution is -1.99. The number of aryl methyl sites for hydroxylation is 1. The van der Waals surface area contributed by atoms with Gasteiger partial charge in [0.05, 0.1) is 11.4 Å². The maximum absolute atomic E-state index is 6.00. The number of nitrogens with zero attached hydrogens (tertiary/aromatic N) is 3. The number of fused-ring (bicyclic) bond motifs is 3. The van der Waals surface area contributed by atoms with Crippen LogP contribution in [0.25, 0.3) is 38.8 Å². The van der Waals surface area contributed by atoms with Crippen molar-refractivity contribution in [1.29, 1.82) is 0 Å². The zero-order valence-electron chi connectivity index (χ0n) is 18.3. The Morgan fingerprint density at radius 2 is 1.64 bits per heavy atom. The second-order valence-electron chi connectivity index (χ2n) is 8.03. The molecule has 0 radical (unpaired) electrons. The summed E-state index contributed by atoms with van der Waals surface area (Å²) in [6.45, 7) is 4.14. The van der Waals surface area contributed by atoms with Gasteiger partial charge in [0.2, 0.25) is 5.88 Å². The first-order valence-electron chi connectivity index (χ1n) is 10.8. The fourth-order valence-electron chi connectivity index (χ4n) is 4.40. The van der Waals surface area contributed by atoms with E-state index in [2.05, 4.69) is 30.1 Å². The highest BCUT2D eigenvalue weighted by atomic mass is 16.5. The molecule has 0 amide bonds. The van der Waals surface area contributed by atoms with Gasteiger partial charge < -0.3 is 9.15 Å². The van der Waals surface area contributed by atoms with Crippen LogP contribution < -0.4 is 4.74 Å². The molecule has 3 heterocycles. The van der Waals surface area contributed by atoms with Crippen molar-refractivity contribution in [1.82, 2.24) is 14.8 Å². The van der Waals surface area contributed by atoms with Crippen molar-refractivity contribution in [2.75, 3.05) is 0 Å². The van der Waals surface area contributed by atoms with Crippen LogP contribution >= 0.6 is 0 Å². The van der Waals surface area contributed by atoms with E-state index < -0.39 is 0 Å². The monoisotopic (exact) mass is 431 g/mol. The third-order valence-electron chi connectivity index (χ3n) is 5.88. The number of rotatable bonds is 4. The number of ether oxygens (including phenoxy) is 1. The number of aromatic nitrogens is 3. The van der Waals surface area contributed by atoms with Crippen LogP contribution in [0.5, 0.6) is 11.6 Å². The summed E-state index contributed by atoms with van der Waals surface area (Å²) in [5, 5.41) is 7.09. The van der Waals surface area contributed by atoms with Gasteiger partial charge in [0.1, 0.15) is 16.9 Å². The summed E-state index contributed by atoms with van der Waals surface area (Å²) in [6, 6.07) is 28.0. The van der Waals surface area contributed by atoms with Gasteiger partial charge in [-0.05, 0) is 55.8 Å². The van der Waals surface area contributed by atoms with E-state index in [9.17, 15) is 0 Å². The van der Waals surface area contributed by atoms with Crippen LogP contribution in [-0.2, 0) is 0 Å². The van der Waals surface area contributed by atoms with Crippen molar-refractivity contribution in [2.45, 2.75) is 13.8 Å². The minimum Gasteiger partial charge on any atom is -0.456 e. The first-order chi connectivity index (χ1) is 16.2. The molecular weight excluding hydrogens is 410 g/mol. The third-order valence-corrected chi connectivity index (χ3v) is 5.88. The van der Waals surface area contributed by atoms with Crippen LogP contribution in [0.3, 0.4) is 0 Å². The van der Waals surface area contributed by atoms with Gasteiger partial charge in [-0.3, -0.25) is 0 Å². The van der Waals surface area contributed by atoms with Gasteiger partial charge in [0.15, 0.2) is 0 Å². The minimum atomic E-state index is 0.560. The molecule has 5 nitrogen and oxygen atoms in total. The van der Waals surface area contributed by atoms with E-state index in [0.29, 0.717) is 11.6 Å². The molecule has 33 heavy (non-hydrogen) atoms. The highest BCUT2D eigenvalue weighted by molar-refractivity contribution is 6.06. The Kier molecular flexibility index (Phi) is 4.47. The zero-order valence-corrected chi connectivity index (χ0v) is 18.3. The van der Waals surface area contributed by atoms with Crippen LogP contribution in [0.15, 0.2) is 95.5 Å². The second-order valence-corrected chi connectivity index (χ2v) is 8.03. The quantitative estimate of drug-likeness (QED) is 0.295. The molecule has 3 aromatic heterocycles. The molecule has 3 aromatic carbocycles. The van der Waals surface area contributed by atoms with Crippen molar-refractivity contribution in [3.05, 3.63) is 103 Å². The van der Waals surface area contributed by atoms with Crippen LogP contribution in [0.4, 0.5) is 0 Å². The maximum Gasteiger partial charge on any atom is 0.219 e. The Balaban J connectivity index is 1.42. The summed E-state index contributed by atoms with van der Waals surface area (Å²) in [5.41, 5.74) is 7.01. The van der Waals surface area contributed by atoms with E-state index in [1.54, 1.807) is 6.20 Å². The second kappa shape index (κ2) is 7.64. The van der Waals surface area contributed by atoms with E-state index >= 15 is 0 Å². The molecular formula is C28H21N3O2. The fourth-order valence-corrected chi connectivity index (χ4v) is 4.40. The SMILES string of the molecule is Cc1nn(-c2cccc(Oc3ccccn3)c2)c(C)c1-c1ccc2oc3ccccc3c2c1. The molecule has 6 aromatic rings. The van der Waals surface area contributed by atoms with Gasteiger partial charge in [-0.15, -0.1) is 0 Å². The molecule has 0 aliphatic carbocycles. The van der Waals surface area contributed by atoms with E-state index in [-0.39, 0.29) is 0 Å². The fraction of sp³-hybridized carbons (Fsp3) is 0.0714. The van der Waals surface area contributed by atoms with Crippen LogP contribution in [0.2, 0.25) is 0 Å². The van der Waals surface area contributed by atoms with Gasteiger partial charge >= 0.3 is 0 Å². The van der Waals surface area contributed by atoms with Gasteiger partial charge in [0.25, 0.3) is 0 Å². The largest absolute Gasteiger partial charge is 0.456 e. The first-order valence-corrected chi connectivity index (χ1v) is 10.8.